The first-order valence-electron chi connectivity index (χ1n) is 8.81. The molecule has 1 aliphatic rings. The van der Waals surface area contributed by atoms with Gasteiger partial charge in [-0.2, -0.15) is 0 Å². The van der Waals surface area contributed by atoms with Gasteiger partial charge in [-0.05, 0) is 45.1 Å². The number of amides is 2. The highest BCUT2D eigenvalue weighted by atomic mass is 16.3. The van der Waals surface area contributed by atoms with Gasteiger partial charge < -0.3 is 20.8 Å². The highest BCUT2D eigenvalue weighted by Crippen LogP contribution is 2.20. The fourth-order valence-electron chi connectivity index (χ4n) is 3.03. The number of aliphatic hydroxyl groups is 2. The normalized spacial score (nSPS) is 23.8. The van der Waals surface area contributed by atoms with Crippen molar-refractivity contribution in [2.75, 3.05) is 0 Å². The first kappa shape index (κ1) is 19.4. The molecule has 0 bridgehead atoms. The number of hydrogen-bond acceptors (Lipinski definition) is 4. The molecule has 0 aliphatic heterocycles. The van der Waals surface area contributed by atoms with Crippen LogP contribution in [0.2, 0.25) is 0 Å². The Morgan fingerprint density at radius 1 is 1.16 bits per heavy atom. The maximum atomic E-state index is 12.5. The summed E-state index contributed by atoms with van der Waals surface area (Å²) in [5.74, 6) is -0.563. The van der Waals surface area contributed by atoms with Crippen LogP contribution in [0, 0.1) is 0 Å². The van der Waals surface area contributed by atoms with Gasteiger partial charge in [-0.25, -0.2) is 0 Å². The highest BCUT2D eigenvalue weighted by Gasteiger charge is 2.36. The van der Waals surface area contributed by atoms with Gasteiger partial charge >= 0.3 is 0 Å². The van der Waals surface area contributed by atoms with Crippen LogP contribution in [0.15, 0.2) is 30.3 Å². The summed E-state index contributed by atoms with van der Waals surface area (Å²) in [5, 5.41) is 25.2. The van der Waals surface area contributed by atoms with Crippen LogP contribution in [0.3, 0.4) is 0 Å². The highest BCUT2D eigenvalue weighted by molar-refractivity contribution is 5.91. The van der Waals surface area contributed by atoms with Gasteiger partial charge in [0.2, 0.25) is 11.8 Å². The molecule has 0 saturated heterocycles. The molecule has 2 rings (SSSR count). The summed E-state index contributed by atoms with van der Waals surface area (Å²) in [6, 6.07) is 9.20. The zero-order valence-corrected chi connectivity index (χ0v) is 14.9. The lowest BCUT2D eigenvalue weighted by Crippen LogP contribution is -2.60. The zero-order valence-electron chi connectivity index (χ0n) is 14.9. The quantitative estimate of drug-likeness (QED) is 0.614. The number of aliphatic hydroxyl groups excluding tert-OH is 2. The molecule has 0 spiro atoms. The van der Waals surface area contributed by atoms with Crippen molar-refractivity contribution in [3.05, 3.63) is 35.9 Å². The molecular formula is C19H28N2O4. The van der Waals surface area contributed by atoms with Crippen molar-refractivity contribution < 1.29 is 19.8 Å². The third-order valence-corrected chi connectivity index (χ3v) is 4.64. The first-order chi connectivity index (χ1) is 11.8. The minimum absolute atomic E-state index is 0.201. The van der Waals surface area contributed by atoms with Gasteiger partial charge in [0, 0.05) is 6.42 Å². The van der Waals surface area contributed by atoms with Crippen molar-refractivity contribution in [1.82, 2.24) is 10.6 Å². The SMILES string of the molecule is CC(C)(NC(=O)CCc1ccccc1)C(=O)N[C@@H]1CCC[C@@H](O)[C@@H]1O. The van der Waals surface area contributed by atoms with Crippen LogP contribution in [-0.2, 0) is 16.0 Å². The molecule has 6 nitrogen and oxygen atoms in total. The Kier molecular flexibility index (Phi) is 6.56. The Labute approximate surface area is 148 Å². The van der Waals surface area contributed by atoms with E-state index in [0.717, 1.165) is 12.0 Å². The van der Waals surface area contributed by atoms with Crippen molar-refractivity contribution in [3.63, 3.8) is 0 Å². The van der Waals surface area contributed by atoms with Crippen molar-refractivity contribution >= 4 is 11.8 Å². The van der Waals surface area contributed by atoms with Crippen LogP contribution < -0.4 is 10.6 Å². The van der Waals surface area contributed by atoms with E-state index < -0.39 is 23.8 Å². The van der Waals surface area contributed by atoms with E-state index in [0.29, 0.717) is 25.7 Å². The number of carbonyl (C=O) groups excluding carboxylic acids is 2. The van der Waals surface area contributed by atoms with E-state index >= 15 is 0 Å². The Bertz CT molecular complexity index is 588. The van der Waals surface area contributed by atoms with Gasteiger partial charge in [-0.3, -0.25) is 9.59 Å². The third-order valence-electron chi connectivity index (χ3n) is 4.64. The largest absolute Gasteiger partial charge is 0.390 e. The van der Waals surface area contributed by atoms with E-state index in [1.54, 1.807) is 13.8 Å². The summed E-state index contributed by atoms with van der Waals surface area (Å²) in [5.41, 5.74) is -0.0187. The minimum Gasteiger partial charge on any atom is -0.390 e. The van der Waals surface area contributed by atoms with Crippen LogP contribution in [0.4, 0.5) is 0 Å². The predicted octanol–water partition coefficient (Wildman–Crippen LogP) is 0.904. The summed E-state index contributed by atoms with van der Waals surface area (Å²) in [7, 11) is 0. The molecular weight excluding hydrogens is 320 g/mol. The van der Waals surface area contributed by atoms with Crippen LogP contribution in [0.1, 0.15) is 45.1 Å². The van der Waals surface area contributed by atoms with Crippen molar-refractivity contribution in [1.29, 1.82) is 0 Å². The molecule has 6 heteroatoms. The minimum atomic E-state index is -1.09. The maximum absolute atomic E-state index is 12.5. The van der Waals surface area contributed by atoms with Crippen molar-refractivity contribution in [2.24, 2.45) is 0 Å². The van der Waals surface area contributed by atoms with Gasteiger partial charge in [-0.15, -0.1) is 0 Å². The fourth-order valence-corrected chi connectivity index (χ4v) is 3.03. The number of carbonyl (C=O) groups is 2. The van der Waals surface area contributed by atoms with Crippen molar-refractivity contribution in [2.45, 2.75) is 69.7 Å². The lowest BCUT2D eigenvalue weighted by atomic mass is 9.89. The molecule has 1 aliphatic carbocycles. The molecule has 2 amide bonds. The van der Waals surface area contributed by atoms with Gasteiger partial charge in [0.15, 0.2) is 0 Å². The smallest absolute Gasteiger partial charge is 0.245 e. The van der Waals surface area contributed by atoms with Crippen LogP contribution in [0.5, 0.6) is 0 Å². The first-order valence-corrected chi connectivity index (χ1v) is 8.81. The Morgan fingerprint density at radius 2 is 1.84 bits per heavy atom. The molecule has 0 aromatic heterocycles. The van der Waals surface area contributed by atoms with Gasteiger partial charge in [0.05, 0.1) is 18.2 Å². The molecule has 0 unspecified atom stereocenters. The van der Waals surface area contributed by atoms with Gasteiger partial charge in [0.1, 0.15) is 5.54 Å². The second-order valence-electron chi connectivity index (χ2n) is 7.23. The molecule has 3 atom stereocenters. The molecule has 1 saturated carbocycles. The Balaban J connectivity index is 1.84. The predicted molar refractivity (Wildman–Crippen MR) is 94.8 cm³/mol. The summed E-state index contributed by atoms with van der Waals surface area (Å²) >= 11 is 0. The van der Waals surface area contributed by atoms with E-state index in [2.05, 4.69) is 10.6 Å². The molecule has 0 radical (unpaired) electrons. The lowest BCUT2D eigenvalue weighted by molar-refractivity contribution is -0.134. The van der Waals surface area contributed by atoms with E-state index in [9.17, 15) is 19.8 Å². The second-order valence-corrected chi connectivity index (χ2v) is 7.23. The summed E-state index contributed by atoms with van der Waals surface area (Å²) in [6.45, 7) is 3.27. The summed E-state index contributed by atoms with van der Waals surface area (Å²) in [4.78, 5) is 24.6. The topological polar surface area (TPSA) is 98.7 Å². The average molecular weight is 348 g/mol. The molecule has 1 aromatic rings. The molecule has 1 aromatic carbocycles. The van der Waals surface area contributed by atoms with E-state index in [-0.39, 0.29) is 11.8 Å². The Hall–Kier alpha value is -1.92. The molecule has 25 heavy (non-hydrogen) atoms. The Morgan fingerprint density at radius 3 is 2.52 bits per heavy atom. The van der Waals surface area contributed by atoms with Crippen LogP contribution >= 0.6 is 0 Å². The number of rotatable bonds is 6. The average Bonchev–Trinajstić information content (AvgIpc) is 2.57. The van der Waals surface area contributed by atoms with Crippen LogP contribution in [-0.4, -0.2) is 45.8 Å². The summed E-state index contributed by atoms with van der Waals surface area (Å²) in [6.07, 6.45) is 1.01. The number of hydrogen-bond donors (Lipinski definition) is 4. The number of nitrogens with one attached hydrogen (secondary N) is 2. The number of benzene rings is 1. The van der Waals surface area contributed by atoms with Crippen molar-refractivity contribution in [3.8, 4) is 0 Å². The third kappa shape index (κ3) is 5.54. The molecule has 138 valence electrons. The molecule has 0 heterocycles. The number of aryl methyl sites for hydroxylation is 1. The second kappa shape index (κ2) is 8.45. The maximum Gasteiger partial charge on any atom is 0.245 e. The van der Waals surface area contributed by atoms with E-state index in [1.807, 2.05) is 30.3 Å². The lowest BCUT2D eigenvalue weighted by Gasteiger charge is -2.35. The van der Waals surface area contributed by atoms with Crippen LogP contribution in [0.25, 0.3) is 0 Å². The fraction of sp³-hybridized carbons (Fsp3) is 0.579. The summed E-state index contributed by atoms with van der Waals surface area (Å²) < 4.78 is 0. The van der Waals surface area contributed by atoms with Gasteiger partial charge in [-0.1, -0.05) is 30.3 Å². The molecule has 4 N–H and O–H groups in total. The van der Waals surface area contributed by atoms with E-state index in [1.165, 1.54) is 0 Å². The standard InChI is InChI=1S/C19H28N2O4/c1-19(2,18(25)20-14-9-6-10-15(22)17(14)24)21-16(23)12-11-13-7-4-3-5-8-13/h3-5,7-8,14-15,17,22,24H,6,9-12H2,1-2H3,(H,20,25)(H,21,23)/t14-,15-,17-/m1/s1. The molecule has 1 fully saturated rings. The zero-order chi connectivity index (χ0) is 18.4. The van der Waals surface area contributed by atoms with E-state index in [4.69, 9.17) is 0 Å². The van der Waals surface area contributed by atoms with Gasteiger partial charge in [0.25, 0.3) is 0 Å². The monoisotopic (exact) mass is 348 g/mol.